The third-order valence-electron chi connectivity index (χ3n) is 3.46. The van der Waals surface area contributed by atoms with Crippen LogP contribution in [0.3, 0.4) is 0 Å². The first-order valence-corrected chi connectivity index (χ1v) is 8.51. The fourth-order valence-corrected chi connectivity index (χ4v) is 3.79. The summed E-state index contributed by atoms with van der Waals surface area (Å²) in [4.78, 5) is 12.7. The fraction of sp³-hybridized carbons (Fsp3) is 0.0714. The molecule has 3 N–H and O–H groups in total. The molecule has 0 amide bonds. The molecule has 1 aromatic heterocycles. The Hall–Kier alpha value is -2.72. The van der Waals surface area contributed by atoms with Crippen LogP contribution in [0.1, 0.15) is 5.56 Å². The summed E-state index contributed by atoms with van der Waals surface area (Å²) in [5.74, 6) is 0.187. The number of hydrazone groups is 1. The van der Waals surface area contributed by atoms with Crippen LogP contribution < -0.4 is 20.9 Å². The number of hydrogen-bond donors (Lipinski definition) is 2. The molecule has 0 aliphatic carbocycles. The lowest BCUT2D eigenvalue weighted by atomic mass is 10.1. The summed E-state index contributed by atoms with van der Waals surface area (Å²) in [6, 6.07) is 6.33. The van der Waals surface area contributed by atoms with E-state index in [-0.39, 0.29) is 27.0 Å². The minimum atomic E-state index is -3.83. The number of sulfonamides is 1. The number of nitrogens with one attached hydrogen (secondary N) is 1. The Morgan fingerprint density at radius 1 is 1.42 bits per heavy atom. The summed E-state index contributed by atoms with van der Waals surface area (Å²) in [7, 11) is -2.53. The number of rotatable bonds is 2. The molecule has 1 aliphatic heterocycles. The molecule has 24 heavy (non-hydrogen) atoms. The number of anilines is 1. The zero-order valence-corrected chi connectivity index (χ0v) is 14.0. The molecule has 10 heteroatoms. The second-order valence-corrected chi connectivity index (χ2v) is 7.28. The van der Waals surface area contributed by atoms with Crippen molar-refractivity contribution in [3.63, 3.8) is 0 Å². The Bertz CT molecular complexity index is 1030. The average molecular weight is 364 g/mol. The lowest BCUT2D eigenvalue weighted by molar-refractivity contribution is 0.554. The molecule has 1 aromatic carbocycles. The first-order valence-electron chi connectivity index (χ1n) is 6.66. The maximum absolute atomic E-state index is 12.6. The van der Waals surface area contributed by atoms with Gasteiger partial charge in [-0.25, -0.2) is 8.42 Å². The molecular weight excluding hydrogens is 352 g/mol. The van der Waals surface area contributed by atoms with Crippen molar-refractivity contribution in [2.75, 3.05) is 11.4 Å². The normalized spacial score (nSPS) is 15.0. The average Bonchev–Trinajstić information content (AvgIpc) is 2.54. The van der Waals surface area contributed by atoms with E-state index in [1.807, 2.05) is 0 Å². The van der Waals surface area contributed by atoms with Gasteiger partial charge in [-0.05, 0) is 24.4 Å². The Labute approximate surface area is 142 Å². The van der Waals surface area contributed by atoms with Crippen LogP contribution >= 0.6 is 12.2 Å². The third-order valence-corrected chi connectivity index (χ3v) is 5.37. The SMILES string of the molecule is CN1c2c(occ(/C=N/NC(N)=S)c2=O)-c2ccccc2S1(=O)=O. The Kier molecular flexibility index (Phi) is 3.85. The van der Waals surface area contributed by atoms with Crippen molar-refractivity contribution in [1.29, 1.82) is 0 Å². The molecule has 0 saturated carbocycles. The molecular formula is C14H12N4O4S2. The van der Waals surface area contributed by atoms with E-state index in [4.69, 9.17) is 10.2 Å². The molecule has 0 atom stereocenters. The summed E-state index contributed by atoms with van der Waals surface area (Å²) in [6.45, 7) is 0. The maximum atomic E-state index is 12.6. The molecule has 1 aliphatic rings. The minimum Gasteiger partial charge on any atom is -0.461 e. The van der Waals surface area contributed by atoms with Gasteiger partial charge in [0.15, 0.2) is 10.9 Å². The Balaban J connectivity index is 2.23. The maximum Gasteiger partial charge on any atom is 0.265 e. The highest BCUT2D eigenvalue weighted by Gasteiger charge is 2.36. The lowest BCUT2D eigenvalue weighted by Crippen LogP contribution is -2.35. The number of hydrogen-bond acceptors (Lipinski definition) is 6. The third kappa shape index (κ3) is 2.45. The van der Waals surface area contributed by atoms with Gasteiger partial charge in [0.05, 0.1) is 16.7 Å². The van der Waals surface area contributed by atoms with Gasteiger partial charge in [0.2, 0.25) is 5.43 Å². The number of nitrogens with two attached hydrogens (primary N) is 1. The highest BCUT2D eigenvalue weighted by molar-refractivity contribution is 7.93. The van der Waals surface area contributed by atoms with Crippen LogP contribution in [0.15, 0.2) is 49.7 Å². The highest BCUT2D eigenvalue weighted by Crippen LogP contribution is 2.40. The Morgan fingerprint density at radius 3 is 2.83 bits per heavy atom. The van der Waals surface area contributed by atoms with Crippen molar-refractivity contribution in [2.24, 2.45) is 10.8 Å². The summed E-state index contributed by atoms with van der Waals surface area (Å²) in [5, 5.41) is 3.62. The Morgan fingerprint density at radius 2 is 2.12 bits per heavy atom. The van der Waals surface area contributed by atoms with E-state index in [1.165, 1.54) is 19.4 Å². The van der Waals surface area contributed by atoms with Crippen molar-refractivity contribution in [1.82, 2.24) is 5.43 Å². The predicted molar refractivity (Wildman–Crippen MR) is 93.5 cm³/mol. The summed E-state index contributed by atoms with van der Waals surface area (Å²) in [6.07, 6.45) is 2.36. The first kappa shape index (κ1) is 16.1. The molecule has 8 nitrogen and oxygen atoms in total. The number of benzene rings is 1. The quantitative estimate of drug-likeness (QED) is 0.455. The summed E-state index contributed by atoms with van der Waals surface area (Å²) in [5.41, 5.74) is 7.33. The molecule has 2 aromatic rings. The number of nitrogens with zero attached hydrogens (tertiary/aromatic N) is 2. The first-order chi connectivity index (χ1) is 11.3. The monoisotopic (exact) mass is 364 g/mol. The van der Waals surface area contributed by atoms with E-state index >= 15 is 0 Å². The van der Waals surface area contributed by atoms with Gasteiger partial charge in [-0.1, -0.05) is 12.1 Å². The van der Waals surface area contributed by atoms with E-state index in [0.717, 1.165) is 10.5 Å². The topological polar surface area (TPSA) is 118 Å². The fourth-order valence-electron chi connectivity index (χ4n) is 2.35. The van der Waals surface area contributed by atoms with Crippen LogP contribution in [0.5, 0.6) is 0 Å². The molecule has 0 radical (unpaired) electrons. The van der Waals surface area contributed by atoms with Crippen LogP contribution in [0, 0.1) is 0 Å². The molecule has 0 unspecified atom stereocenters. The standard InChI is InChI=1S/C14H12N4O4S2/c1-18-11-12(19)8(6-16-17-14(15)23)7-22-13(11)9-4-2-3-5-10(9)24(18,20)21/h2-7H,1H3,(H3,15,17,23)/b16-6+. The van der Waals surface area contributed by atoms with Crippen LogP contribution in [0.4, 0.5) is 5.69 Å². The van der Waals surface area contributed by atoms with Gasteiger partial charge in [-0.3, -0.25) is 14.5 Å². The molecule has 2 heterocycles. The van der Waals surface area contributed by atoms with Gasteiger partial charge in [0, 0.05) is 12.6 Å². The van der Waals surface area contributed by atoms with E-state index in [1.54, 1.807) is 18.2 Å². The molecule has 0 fully saturated rings. The van der Waals surface area contributed by atoms with Crippen molar-refractivity contribution in [3.8, 4) is 11.3 Å². The summed E-state index contributed by atoms with van der Waals surface area (Å²) >= 11 is 4.60. The minimum absolute atomic E-state index is 0.0546. The zero-order chi connectivity index (χ0) is 17.5. The van der Waals surface area contributed by atoms with Crippen LogP contribution in [0.2, 0.25) is 0 Å². The van der Waals surface area contributed by atoms with E-state index in [2.05, 4.69) is 22.7 Å². The van der Waals surface area contributed by atoms with Crippen molar-refractivity contribution in [2.45, 2.75) is 4.90 Å². The largest absolute Gasteiger partial charge is 0.461 e. The van der Waals surface area contributed by atoms with Crippen LogP contribution in [-0.2, 0) is 10.0 Å². The second-order valence-electron chi connectivity index (χ2n) is 4.90. The smallest absolute Gasteiger partial charge is 0.265 e. The van der Waals surface area contributed by atoms with E-state index in [9.17, 15) is 13.2 Å². The van der Waals surface area contributed by atoms with E-state index in [0.29, 0.717) is 5.56 Å². The van der Waals surface area contributed by atoms with Gasteiger partial charge >= 0.3 is 0 Å². The van der Waals surface area contributed by atoms with Gasteiger partial charge < -0.3 is 10.2 Å². The number of thiocarbonyl (C=S) groups is 1. The molecule has 0 bridgehead atoms. The molecule has 0 spiro atoms. The molecule has 124 valence electrons. The van der Waals surface area contributed by atoms with Gasteiger partial charge in [-0.15, -0.1) is 0 Å². The molecule has 3 rings (SSSR count). The van der Waals surface area contributed by atoms with Gasteiger partial charge in [-0.2, -0.15) is 5.10 Å². The predicted octanol–water partition coefficient (Wildman–Crippen LogP) is 0.612. The second kappa shape index (κ2) is 5.73. The molecule has 0 saturated heterocycles. The lowest BCUT2D eigenvalue weighted by Gasteiger charge is -2.27. The number of fused-ring (bicyclic) bond motifs is 3. The van der Waals surface area contributed by atoms with Gasteiger partial charge in [0.25, 0.3) is 10.0 Å². The van der Waals surface area contributed by atoms with Crippen molar-refractivity contribution >= 4 is 39.3 Å². The summed E-state index contributed by atoms with van der Waals surface area (Å²) < 4.78 is 31.6. The van der Waals surface area contributed by atoms with Crippen LogP contribution in [0.25, 0.3) is 11.3 Å². The van der Waals surface area contributed by atoms with Crippen LogP contribution in [-0.4, -0.2) is 26.8 Å². The van der Waals surface area contributed by atoms with Crippen molar-refractivity contribution in [3.05, 3.63) is 46.3 Å². The van der Waals surface area contributed by atoms with E-state index < -0.39 is 15.5 Å². The van der Waals surface area contributed by atoms with Crippen molar-refractivity contribution < 1.29 is 12.8 Å². The zero-order valence-electron chi connectivity index (χ0n) is 12.4. The van der Waals surface area contributed by atoms with Gasteiger partial charge in [0.1, 0.15) is 12.0 Å². The highest BCUT2D eigenvalue weighted by atomic mass is 32.2.